The fourth-order valence-corrected chi connectivity index (χ4v) is 2.49. The molecule has 0 saturated heterocycles. The van der Waals surface area contributed by atoms with Gasteiger partial charge >= 0.3 is 0 Å². The topological polar surface area (TPSA) is 35.2 Å². The summed E-state index contributed by atoms with van der Waals surface area (Å²) in [5.74, 6) is -2.55. The summed E-state index contributed by atoms with van der Waals surface area (Å²) in [5.41, 5.74) is 7.64. The molecular formula is C14H19F2NO. The monoisotopic (exact) mass is 255 g/mol. The van der Waals surface area contributed by atoms with Gasteiger partial charge in [0.1, 0.15) is 0 Å². The summed E-state index contributed by atoms with van der Waals surface area (Å²) in [6.07, 6.45) is 0.406. The van der Waals surface area contributed by atoms with E-state index in [1.54, 1.807) is 7.11 Å². The highest BCUT2D eigenvalue weighted by Gasteiger charge is 2.42. The van der Waals surface area contributed by atoms with Crippen molar-refractivity contribution >= 4 is 0 Å². The van der Waals surface area contributed by atoms with Gasteiger partial charge in [-0.15, -0.1) is 0 Å². The summed E-state index contributed by atoms with van der Waals surface area (Å²) >= 11 is 0. The Hall–Kier alpha value is -1.00. The zero-order valence-electron chi connectivity index (χ0n) is 10.6. The van der Waals surface area contributed by atoms with Crippen LogP contribution in [0.5, 0.6) is 0 Å². The Morgan fingerprint density at radius 2 is 1.89 bits per heavy atom. The van der Waals surface area contributed by atoms with Crippen molar-refractivity contribution in [3.63, 3.8) is 0 Å². The molecule has 0 spiro atoms. The number of methoxy groups -OCH3 is 1. The Morgan fingerprint density at radius 1 is 1.22 bits per heavy atom. The number of alkyl halides is 2. The molecule has 100 valence electrons. The quantitative estimate of drug-likeness (QED) is 0.900. The maximum Gasteiger partial charge on any atom is 0.248 e. The molecule has 1 fully saturated rings. The van der Waals surface area contributed by atoms with Crippen molar-refractivity contribution in [2.75, 3.05) is 7.11 Å². The Bertz CT molecular complexity index is 410. The van der Waals surface area contributed by atoms with Gasteiger partial charge in [-0.1, -0.05) is 24.3 Å². The van der Waals surface area contributed by atoms with Gasteiger partial charge in [-0.05, 0) is 24.0 Å². The smallest absolute Gasteiger partial charge is 0.248 e. The third kappa shape index (κ3) is 2.87. The lowest BCUT2D eigenvalue weighted by Crippen LogP contribution is -2.43. The molecule has 0 unspecified atom stereocenters. The summed E-state index contributed by atoms with van der Waals surface area (Å²) in [6.45, 7) is 0.514. The predicted octanol–water partition coefficient (Wildman–Crippen LogP) is 3.20. The van der Waals surface area contributed by atoms with Crippen molar-refractivity contribution in [2.45, 2.75) is 43.8 Å². The first-order valence-electron chi connectivity index (χ1n) is 6.20. The summed E-state index contributed by atoms with van der Waals surface area (Å²) in [4.78, 5) is 0. The van der Waals surface area contributed by atoms with Crippen molar-refractivity contribution in [3.05, 3.63) is 35.4 Å². The SMILES string of the molecule is COCc1cccc(C2(N)CCC(F)(F)CC2)c1. The molecule has 0 heterocycles. The van der Waals surface area contributed by atoms with E-state index < -0.39 is 11.5 Å². The number of rotatable bonds is 3. The second-order valence-corrected chi connectivity index (χ2v) is 5.15. The minimum absolute atomic E-state index is 0.127. The molecule has 1 aromatic rings. The van der Waals surface area contributed by atoms with Gasteiger partial charge in [-0.2, -0.15) is 0 Å². The summed E-state index contributed by atoms with van der Waals surface area (Å²) < 4.78 is 31.5. The van der Waals surface area contributed by atoms with Crippen molar-refractivity contribution in [2.24, 2.45) is 5.73 Å². The normalized spacial score (nSPS) is 21.8. The molecule has 0 bridgehead atoms. The highest BCUT2D eigenvalue weighted by Crippen LogP contribution is 2.42. The number of nitrogens with two attached hydrogens (primary N) is 1. The second kappa shape index (κ2) is 4.94. The Balaban J connectivity index is 2.17. The maximum absolute atomic E-state index is 13.2. The number of hydrogen-bond donors (Lipinski definition) is 1. The van der Waals surface area contributed by atoms with Crippen LogP contribution in [0.1, 0.15) is 36.8 Å². The highest BCUT2D eigenvalue weighted by molar-refractivity contribution is 5.29. The van der Waals surface area contributed by atoms with E-state index >= 15 is 0 Å². The van der Waals surface area contributed by atoms with Crippen LogP contribution < -0.4 is 5.73 Å². The van der Waals surface area contributed by atoms with E-state index in [2.05, 4.69) is 0 Å². The van der Waals surface area contributed by atoms with E-state index in [0.717, 1.165) is 11.1 Å². The molecule has 1 aliphatic rings. The summed E-state index contributed by atoms with van der Waals surface area (Å²) in [7, 11) is 1.63. The molecule has 1 aromatic carbocycles. The second-order valence-electron chi connectivity index (χ2n) is 5.15. The van der Waals surface area contributed by atoms with Gasteiger partial charge in [-0.3, -0.25) is 0 Å². The van der Waals surface area contributed by atoms with Crippen LogP contribution in [-0.4, -0.2) is 13.0 Å². The number of halogens is 2. The van der Waals surface area contributed by atoms with Crippen LogP contribution in [0, 0.1) is 0 Å². The van der Waals surface area contributed by atoms with E-state index in [1.807, 2.05) is 24.3 Å². The molecule has 0 radical (unpaired) electrons. The lowest BCUT2D eigenvalue weighted by atomic mass is 9.76. The van der Waals surface area contributed by atoms with E-state index in [0.29, 0.717) is 19.4 Å². The van der Waals surface area contributed by atoms with Crippen LogP contribution in [0.25, 0.3) is 0 Å². The zero-order valence-corrected chi connectivity index (χ0v) is 10.6. The molecule has 2 rings (SSSR count). The van der Waals surface area contributed by atoms with Crippen LogP contribution in [-0.2, 0) is 16.9 Å². The van der Waals surface area contributed by atoms with E-state index in [9.17, 15) is 8.78 Å². The average molecular weight is 255 g/mol. The summed E-state index contributed by atoms with van der Waals surface area (Å²) in [6, 6.07) is 7.74. The molecule has 0 aromatic heterocycles. The largest absolute Gasteiger partial charge is 0.380 e. The molecule has 1 saturated carbocycles. The first kappa shape index (κ1) is 13.4. The molecule has 2 N–H and O–H groups in total. The molecule has 18 heavy (non-hydrogen) atoms. The van der Waals surface area contributed by atoms with Gasteiger partial charge < -0.3 is 10.5 Å². The molecular weight excluding hydrogens is 236 g/mol. The first-order chi connectivity index (χ1) is 8.45. The molecule has 0 atom stereocenters. The summed E-state index contributed by atoms with van der Waals surface area (Å²) in [5, 5.41) is 0. The highest BCUT2D eigenvalue weighted by atomic mass is 19.3. The maximum atomic E-state index is 13.2. The zero-order chi connectivity index (χ0) is 13.2. The van der Waals surface area contributed by atoms with Gasteiger partial charge in [0.15, 0.2) is 0 Å². The minimum atomic E-state index is -2.55. The van der Waals surface area contributed by atoms with Crippen molar-refractivity contribution in [1.29, 1.82) is 0 Å². The van der Waals surface area contributed by atoms with E-state index in [-0.39, 0.29) is 12.8 Å². The molecule has 2 nitrogen and oxygen atoms in total. The lowest BCUT2D eigenvalue weighted by molar-refractivity contribution is -0.0514. The predicted molar refractivity (Wildman–Crippen MR) is 66.4 cm³/mol. The molecule has 4 heteroatoms. The van der Waals surface area contributed by atoms with E-state index in [1.165, 1.54) is 0 Å². The average Bonchev–Trinajstić information content (AvgIpc) is 2.34. The molecule has 0 aliphatic heterocycles. The van der Waals surface area contributed by atoms with E-state index in [4.69, 9.17) is 10.5 Å². The van der Waals surface area contributed by atoms with Gasteiger partial charge in [-0.25, -0.2) is 8.78 Å². The standard InChI is InChI=1S/C14H19F2NO/c1-18-10-11-3-2-4-12(9-11)13(17)5-7-14(15,16)8-6-13/h2-4,9H,5-8,10,17H2,1H3. The lowest BCUT2D eigenvalue weighted by Gasteiger charge is -2.37. The Labute approximate surface area is 106 Å². The number of benzene rings is 1. The fourth-order valence-electron chi connectivity index (χ4n) is 2.49. The molecule has 0 amide bonds. The van der Waals surface area contributed by atoms with Crippen LogP contribution in [0.15, 0.2) is 24.3 Å². The molecule has 1 aliphatic carbocycles. The van der Waals surface area contributed by atoms with Crippen LogP contribution in [0.2, 0.25) is 0 Å². The number of hydrogen-bond acceptors (Lipinski definition) is 2. The van der Waals surface area contributed by atoms with Gasteiger partial charge in [0.05, 0.1) is 6.61 Å². The Kier molecular flexibility index (Phi) is 3.69. The third-order valence-corrected chi connectivity index (χ3v) is 3.69. The first-order valence-corrected chi connectivity index (χ1v) is 6.20. The van der Waals surface area contributed by atoms with Crippen LogP contribution >= 0.6 is 0 Å². The van der Waals surface area contributed by atoms with Gasteiger partial charge in [0, 0.05) is 25.5 Å². The van der Waals surface area contributed by atoms with Crippen LogP contribution in [0.3, 0.4) is 0 Å². The minimum Gasteiger partial charge on any atom is -0.380 e. The Morgan fingerprint density at radius 3 is 2.50 bits per heavy atom. The van der Waals surface area contributed by atoms with Gasteiger partial charge in [0.2, 0.25) is 5.92 Å². The number of ether oxygens (including phenoxy) is 1. The fraction of sp³-hybridized carbons (Fsp3) is 0.571. The van der Waals surface area contributed by atoms with Crippen molar-refractivity contribution < 1.29 is 13.5 Å². The van der Waals surface area contributed by atoms with Crippen molar-refractivity contribution in [3.8, 4) is 0 Å². The van der Waals surface area contributed by atoms with Crippen molar-refractivity contribution in [1.82, 2.24) is 0 Å². The van der Waals surface area contributed by atoms with Gasteiger partial charge in [0.25, 0.3) is 0 Å². The third-order valence-electron chi connectivity index (χ3n) is 3.69. The van der Waals surface area contributed by atoms with Crippen LogP contribution in [0.4, 0.5) is 8.78 Å².